The molecule has 1 aliphatic rings. The van der Waals surface area contributed by atoms with Crippen LogP contribution in [0.3, 0.4) is 0 Å². The van der Waals surface area contributed by atoms with Gasteiger partial charge in [0.2, 0.25) is 11.8 Å². The number of hydrogen-bond acceptors (Lipinski definition) is 6. The molecule has 1 aliphatic heterocycles. The molecule has 1 N–H and O–H groups in total. The maximum atomic E-state index is 12.6. The molecule has 0 aliphatic carbocycles. The van der Waals surface area contributed by atoms with Gasteiger partial charge in [-0.3, -0.25) is 14.4 Å². The highest BCUT2D eigenvalue weighted by molar-refractivity contribution is 7.13. The second kappa shape index (κ2) is 9.71. The number of amides is 3. The summed E-state index contributed by atoms with van der Waals surface area (Å²) in [7, 11) is 1.58. The molecule has 3 rings (SSSR count). The Hall–Kier alpha value is -2.94. The minimum Gasteiger partial charge on any atom is -0.497 e. The van der Waals surface area contributed by atoms with Crippen LogP contribution < -0.4 is 10.1 Å². The van der Waals surface area contributed by atoms with Gasteiger partial charge >= 0.3 is 0 Å². The number of ether oxygens (including phenoxy) is 1. The highest BCUT2D eigenvalue weighted by atomic mass is 32.1. The van der Waals surface area contributed by atoms with Crippen molar-refractivity contribution < 1.29 is 19.1 Å². The van der Waals surface area contributed by atoms with Crippen LogP contribution in [0.25, 0.3) is 0 Å². The zero-order valence-corrected chi connectivity index (χ0v) is 18.2. The van der Waals surface area contributed by atoms with Crippen LogP contribution in [0.4, 0.5) is 5.13 Å². The van der Waals surface area contributed by atoms with Crippen molar-refractivity contribution in [2.24, 2.45) is 5.92 Å². The van der Waals surface area contributed by atoms with E-state index in [1.54, 1.807) is 46.6 Å². The fourth-order valence-electron chi connectivity index (χ4n) is 3.04. The smallest absolute Gasteiger partial charge is 0.253 e. The lowest BCUT2D eigenvalue weighted by Crippen LogP contribution is -2.51. The van der Waals surface area contributed by atoms with Gasteiger partial charge in [-0.15, -0.1) is 11.3 Å². The SMILES string of the molecule is COc1ccc(C(=O)N2CCN(C(=O)Cc3csc(NC(=O)C(C)C)n3)CC2)cc1. The van der Waals surface area contributed by atoms with E-state index in [0.29, 0.717) is 48.3 Å². The molecule has 9 heteroatoms. The van der Waals surface area contributed by atoms with Crippen LogP contribution in [-0.2, 0) is 16.0 Å². The second-order valence-electron chi connectivity index (χ2n) is 7.37. The lowest BCUT2D eigenvalue weighted by molar-refractivity contribution is -0.132. The summed E-state index contributed by atoms with van der Waals surface area (Å²) in [6.45, 7) is 5.58. The topological polar surface area (TPSA) is 91.8 Å². The van der Waals surface area contributed by atoms with E-state index in [1.165, 1.54) is 11.3 Å². The minimum atomic E-state index is -0.129. The van der Waals surface area contributed by atoms with Gasteiger partial charge in [0.15, 0.2) is 5.13 Å². The first-order chi connectivity index (χ1) is 14.4. The maximum absolute atomic E-state index is 12.6. The Labute approximate surface area is 179 Å². The van der Waals surface area contributed by atoms with Gasteiger partial charge in [0, 0.05) is 43.0 Å². The van der Waals surface area contributed by atoms with Gasteiger partial charge in [-0.05, 0) is 24.3 Å². The number of carbonyl (C=O) groups is 3. The van der Waals surface area contributed by atoms with Crippen molar-refractivity contribution in [2.75, 3.05) is 38.6 Å². The van der Waals surface area contributed by atoms with E-state index in [9.17, 15) is 14.4 Å². The number of anilines is 1. The molecule has 1 fully saturated rings. The molecule has 0 spiro atoms. The number of nitrogens with one attached hydrogen (secondary N) is 1. The van der Waals surface area contributed by atoms with Crippen LogP contribution in [-0.4, -0.2) is 65.8 Å². The quantitative estimate of drug-likeness (QED) is 0.759. The number of benzene rings is 1. The fraction of sp³-hybridized carbons (Fsp3) is 0.429. The molecule has 8 nitrogen and oxygen atoms in total. The van der Waals surface area contributed by atoms with E-state index in [0.717, 1.165) is 0 Å². The first-order valence-electron chi connectivity index (χ1n) is 9.83. The van der Waals surface area contributed by atoms with Crippen molar-refractivity contribution in [3.8, 4) is 5.75 Å². The van der Waals surface area contributed by atoms with E-state index >= 15 is 0 Å². The standard InChI is InChI=1S/C21H26N4O4S/c1-14(2)19(27)23-21-22-16(13-30-21)12-18(26)24-8-10-25(11-9-24)20(28)15-4-6-17(29-3)7-5-15/h4-7,13-14H,8-12H2,1-3H3,(H,22,23,27). The average molecular weight is 431 g/mol. The summed E-state index contributed by atoms with van der Waals surface area (Å²) >= 11 is 1.31. The van der Waals surface area contributed by atoms with Crippen LogP contribution in [0.2, 0.25) is 0 Å². The number of thiazole rings is 1. The first kappa shape index (κ1) is 21.8. The molecule has 1 aromatic carbocycles. The predicted octanol–water partition coefficient (Wildman–Crippen LogP) is 2.27. The molecule has 2 aromatic rings. The van der Waals surface area contributed by atoms with Crippen LogP contribution in [0.5, 0.6) is 5.75 Å². The van der Waals surface area contributed by atoms with Crippen molar-refractivity contribution >= 4 is 34.2 Å². The third kappa shape index (κ3) is 5.35. The van der Waals surface area contributed by atoms with E-state index in [2.05, 4.69) is 10.3 Å². The second-order valence-corrected chi connectivity index (χ2v) is 8.22. The van der Waals surface area contributed by atoms with E-state index < -0.39 is 0 Å². The molecule has 160 valence electrons. The molecule has 3 amide bonds. The van der Waals surface area contributed by atoms with Crippen molar-refractivity contribution in [1.29, 1.82) is 0 Å². The average Bonchev–Trinajstić information content (AvgIpc) is 3.19. The van der Waals surface area contributed by atoms with Gasteiger partial charge in [0.1, 0.15) is 5.75 Å². The van der Waals surface area contributed by atoms with Gasteiger partial charge in [-0.1, -0.05) is 13.8 Å². The molecule has 0 atom stereocenters. The van der Waals surface area contributed by atoms with Crippen LogP contribution in [0, 0.1) is 5.92 Å². The van der Waals surface area contributed by atoms with E-state index in [4.69, 9.17) is 4.74 Å². The van der Waals surface area contributed by atoms with Crippen LogP contribution >= 0.6 is 11.3 Å². The number of piperazine rings is 1. The Morgan fingerprint density at radius 3 is 2.33 bits per heavy atom. The lowest BCUT2D eigenvalue weighted by Gasteiger charge is -2.34. The minimum absolute atomic E-state index is 0.0291. The van der Waals surface area contributed by atoms with E-state index in [-0.39, 0.29) is 30.1 Å². The normalized spacial score (nSPS) is 14.0. The number of hydrogen-bond donors (Lipinski definition) is 1. The zero-order valence-electron chi connectivity index (χ0n) is 17.4. The molecule has 1 aromatic heterocycles. The molecule has 30 heavy (non-hydrogen) atoms. The number of nitrogens with zero attached hydrogens (tertiary/aromatic N) is 3. The van der Waals surface area contributed by atoms with Crippen molar-refractivity contribution in [2.45, 2.75) is 20.3 Å². The lowest BCUT2D eigenvalue weighted by atomic mass is 10.1. The summed E-state index contributed by atoms with van der Waals surface area (Å²) in [5, 5.41) is 5.04. The summed E-state index contributed by atoms with van der Waals surface area (Å²) < 4.78 is 5.12. The van der Waals surface area contributed by atoms with Gasteiger partial charge in [0.05, 0.1) is 19.2 Å². The van der Waals surface area contributed by atoms with Crippen LogP contribution in [0.15, 0.2) is 29.6 Å². The summed E-state index contributed by atoms with van der Waals surface area (Å²) in [4.78, 5) is 44.8. The summed E-state index contributed by atoms with van der Waals surface area (Å²) in [5.74, 6) is 0.403. The number of methoxy groups -OCH3 is 1. The van der Waals surface area contributed by atoms with Crippen molar-refractivity contribution in [1.82, 2.24) is 14.8 Å². The number of rotatable bonds is 6. The summed E-state index contributed by atoms with van der Waals surface area (Å²) in [6.07, 6.45) is 0.181. The summed E-state index contributed by atoms with van der Waals surface area (Å²) in [5.41, 5.74) is 1.25. The third-order valence-electron chi connectivity index (χ3n) is 4.90. The highest BCUT2D eigenvalue weighted by Crippen LogP contribution is 2.18. The fourth-order valence-corrected chi connectivity index (χ4v) is 3.75. The zero-order chi connectivity index (χ0) is 21.7. The van der Waals surface area contributed by atoms with E-state index in [1.807, 2.05) is 13.8 Å². The highest BCUT2D eigenvalue weighted by Gasteiger charge is 2.25. The Morgan fingerprint density at radius 1 is 1.10 bits per heavy atom. The van der Waals surface area contributed by atoms with Crippen molar-refractivity contribution in [3.63, 3.8) is 0 Å². The summed E-state index contributed by atoms with van der Waals surface area (Å²) in [6, 6.07) is 7.02. The van der Waals surface area contributed by atoms with Gasteiger partial charge in [-0.25, -0.2) is 4.98 Å². The Morgan fingerprint density at radius 2 is 1.73 bits per heavy atom. The monoisotopic (exact) mass is 430 g/mol. The molecule has 0 radical (unpaired) electrons. The molecule has 0 unspecified atom stereocenters. The maximum Gasteiger partial charge on any atom is 0.253 e. The number of carbonyl (C=O) groups excluding carboxylic acids is 3. The van der Waals surface area contributed by atoms with Gasteiger partial charge in [0.25, 0.3) is 5.91 Å². The predicted molar refractivity (Wildman–Crippen MR) is 115 cm³/mol. The van der Waals surface area contributed by atoms with Gasteiger partial charge < -0.3 is 19.9 Å². The first-order valence-corrected chi connectivity index (χ1v) is 10.7. The molecule has 0 bridgehead atoms. The van der Waals surface area contributed by atoms with Crippen molar-refractivity contribution in [3.05, 3.63) is 40.9 Å². The molecular formula is C21H26N4O4S. The number of aromatic nitrogens is 1. The van der Waals surface area contributed by atoms with Gasteiger partial charge in [-0.2, -0.15) is 0 Å². The molecule has 1 saturated heterocycles. The molecule has 2 heterocycles. The Kier molecular flexibility index (Phi) is 7.04. The molecular weight excluding hydrogens is 404 g/mol. The Balaban J connectivity index is 1.49. The van der Waals surface area contributed by atoms with Crippen LogP contribution in [0.1, 0.15) is 29.9 Å². The Bertz CT molecular complexity index is 902. The largest absolute Gasteiger partial charge is 0.497 e. The third-order valence-corrected chi connectivity index (χ3v) is 5.70. The molecule has 0 saturated carbocycles.